The van der Waals surface area contributed by atoms with E-state index in [2.05, 4.69) is 0 Å². The highest BCUT2D eigenvalue weighted by Crippen LogP contribution is 2.40. The standard InChI is InChI=1S/C29H33N3O4S/c1-28(2,3)21-16-19(17-22(26(21)34)29(4,5)6)25(33)18-31-23-14-10-11-15-24(23)32(27(31)30)37(35,36)20-12-8-7-9-13-20/h7-17,30,34H,18H2,1-6H3. The molecule has 2 N–H and O–H groups in total. The molecule has 0 fully saturated rings. The van der Waals surface area contributed by atoms with Crippen molar-refractivity contribution in [2.75, 3.05) is 0 Å². The fourth-order valence-electron chi connectivity index (χ4n) is 4.48. The lowest BCUT2D eigenvalue weighted by Gasteiger charge is -2.28. The van der Waals surface area contributed by atoms with Crippen LogP contribution in [0.4, 0.5) is 0 Å². The number of nitrogens with zero attached hydrogens (tertiary/aromatic N) is 2. The number of aromatic hydroxyl groups is 1. The van der Waals surface area contributed by atoms with Crippen LogP contribution in [-0.4, -0.2) is 27.8 Å². The van der Waals surface area contributed by atoms with Crippen molar-refractivity contribution in [1.82, 2.24) is 8.54 Å². The van der Waals surface area contributed by atoms with Gasteiger partial charge in [0.2, 0.25) is 5.62 Å². The quantitative estimate of drug-likeness (QED) is 0.347. The molecule has 37 heavy (non-hydrogen) atoms. The zero-order chi connectivity index (χ0) is 27.3. The molecular weight excluding hydrogens is 486 g/mol. The summed E-state index contributed by atoms with van der Waals surface area (Å²) in [7, 11) is -4.07. The number of carbonyl (C=O) groups excluding carboxylic acids is 1. The van der Waals surface area contributed by atoms with Crippen LogP contribution in [0.1, 0.15) is 63.0 Å². The number of fused-ring (bicyclic) bond motifs is 1. The third-order valence-electron chi connectivity index (χ3n) is 6.47. The lowest BCUT2D eigenvalue weighted by atomic mass is 9.78. The molecule has 0 spiro atoms. The van der Waals surface area contributed by atoms with Gasteiger partial charge in [0.05, 0.1) is 22.5 Å². The number of rotatable bonds is 5. The van der Waals surface area contributed by atoms with Crippen molar-refractivity contribution < 1.29 is 18.3 Å². The molecule has 7 nitrogen and oxygen atoms in total. The molecule has 0 atom stereocenters. The third-order valence-corrected chi connectivity index (χ3v) is 8.19. The molecule has 0 aliphatic rings. The zero-order valence-corrected chi connectivity index (χ0v) is 22.8. The van der Waals surface area contributed by atoms with Crippen LogP contribution in [0, 0.1) is 5.41 Å². The molecule has 194 valence electrons. The number of aromatic nitrogens is 2. The third kappa shape index (κ3) is 4.73. The van der Waals surface area contributed by atoms with Crippen LogP contribution >= 0.6 is 0 Å². The van der Waals surface area contributed by atoms with E-state index in [1.807, 2.05) is 41.5 Å². The minimum Gasteiger partial charge on any atom is -0.507 e. The molecule has 0 aliphatic heterocycles. The number of nitrogens with one attached hydrogen (secondary N) is 1. The summed E-state index contributed by atoms with van der Waals surface area (Å²) in [6, 6.07) is 18.1. The Labute approximate surface area is 217 Å². The molecule has 0 amide bonds. The number of imidazole rings is 1. The van der Waals surface area contributed by atoms with Crippen molar-refractivity contribution in [3.63, 3.8) is 0 Å². The van der Waals surface area contributed by atoms with Gasteiger partial charge in [-0.25, -0.2) is 12.4 Å². The van der Waals surface area contributed by atoms with Crippen LogP contribution in [0.3, 0.4) is 0 Å². The summed E-state index contributed by atoms with van der Waals surface area (Å²) in [6.07, 6.45) is 0. The summed E-state index contributed by atoms with van der Waals surface area (Å²) in [6.45, 7) is 11.6. The van der Waals surface area contributed by atoms with E-state index in [0.717, 1.165) is 3.97 Å². The van der Waals surface area contributed by atoms with Crippen molar-refractivity contribution in [1.29, 1.82) is 5.41 Å². The Balaban J connectivity index is 1.88. The van der Waals surface area contributed by atoms with E-state index in [4.69, 9.17) is 5.41 Å². The fourth-order valence-corrected chi connectivity index (χ4v) is 5.93. The molecule has 0 saturated carbocycles. The highest BCUT2D eigenvalue weighted by atomic mass is 32.2. The summed E-state index contributed by atoms with van der Waals surface area (Å²) in [5.41, 5.74) is 1.38. The largest absolute Gasteiger partial charge is 0.507 e. The number of phenolic OH excluding ortho intramolecular Hbond substituents is 1. The number of benzene rings is 3. The molecule has 1 aromatic heterocycles. The monoisotopic (exact) mass is 519 g/mol. The summed E-state index contributed by atoms with van der Waals surface area (Å²) >= 11 is 0. The van der Waals surface area contributed by atoms with E-state index in [0.29, 0.717) is 27.7 Å². The Bertz CT molecular complexity index is 1630. The number of para-hydroxylation sites is 2. The number of hydrogen-bond acceptors (Lipinski definition) is 5. The maximum absolute atomic E-state index is 13.7. The number of carbonyl (C=O) groups is 1. The predicted octanol–water partition coefficient (Wildman–Crippen LogP) is 5.34. The SMILES string of the molecule is CC(C)(C)c1cc(C(=O)Cn2c(=N)n(S(=O)(=O)c3ccccc3)c3ccccc32)cc(C(C)(C)C)c1O. The van der Waals surface area contributed by atoms with Crippen molar-refractivity contribution in [2.24, 2.45) is 0 Å². The maximum atomic E-state index is 13.7. The van der Waals surface area contributed by atoms with E-state index in [1.54, 1.807) is 54.6 Å². The van der Waals surface area contributed by atoms with Crippen molar-refractivity contribution in [3.05, 3.63) is 89.0 Å². The van der Waals surface area contributed by atoms with E-state index < -0.39 is 20.9 Å². The minimum atomic E-state index is -4.07. The first-order chi connectivity index (χ1) is 17.1. The molecule has 0 aliphatic carbocycles. The molecule has 1 heterocycles. The van der Waals surface area contributed by atoms with E-state index in [1.165, 1.54) is 16.7 Å². The lowest BCUT2D eigenvalue weighted by molar-refractivity contribution is 0.0971. The second-order valence-electron chi connectivity index (χ2n) is 11.3. The Morgan fingerprint density at radius 3 is 1.84 bits per heavy atom. The van der Waals surface area contributed by atoms with Gasteiger partial charge < -0.3 is 9.67 Å². The van der Waals surface area contributed by atoms with Crippen LogP contribution in [0.25, 0.3) is 11.0 Å². The number of ketones is 1. The first kappa shape index (κ1) is 26.4. The van der Waals surface area contributed by atoms with Gasteiger partial charge >= 0.3 is 0 Å². The Morgan fingerprint density at radius 2 is 1.32 bits per heavy atom. The zero-order valence-electron chi connectivity index (χ0n) is 22.0. The molecule has 0 bridgehead atoms. The second kappa shape index (κ2) is 9.03. The van der Waals surface area contributed by atoms with Crippen LogP contribution in [0.15, 0.2) is 71.6 Å². The maximum Gasteiger partial charge on any atom is 0.271 e. The van der Waals surface area contributed by atoms with Gasteiger partial charge in [-0.15, -0.1) is 0 Å². The van der Waals surface area contributed by atoms with Gasteiger partial charge in [-0.3, -0.25) is 10.2 Å². The average Bonchev–Trinajstić information content (AvgIpc) is 3.10. The molecule has 4 aromatic rings. The van der Waals surface area contributed by atoms with Gasteiger partial charge in [0.1, 0.15) is 5.75 Å². The average molecular weight is 520 g/mol. The van der Waals surface area contributed by atoms with Crippen molar-refractivity contribution in [2.45, 2.75) is 63.8 Å². The van der Waals surface area contributed by atoms with Gasteiger partial charge in [-0.2, -0.15) is 0 Å². The van der Waals surface area contributed by atoms with Crippen molar-refractivity contribution >= 4 is 26.8 Å². The van der Waals surface area contributed by atoms with Crippen LogP contribution < -0.4 is 5.62 Å². The molecule has 4 rings (SSSR count). The molecule has 8 heteroatoms. The highest BCUT2D eigenvalue weighted by Gasteiger charge is 2.29. The second-order valence-corrected chi connectivity index (χ2v) is 13.1. The number of phenols is 1. The van der Waals surface area contributed by atoms with Gasteiger partial charge in [0.15, 0.2) is 5.78 Å². The van der Waals surface area contributed by atoms with E-state index >= 15 is 0 Å². The molecule has 0 unspecified atom stereocenters. The molecule has 0 radical (unpaired) electrons. The smallest absolute Gasteiger partial charge is 0.271 e. The van der Waals surface area contributed by atoms with E-state index in [9.17, 15) is 18.3 Å². The van der Waals surface area contributed by atoms with Gasteiger partial charge in [-0.05, 0) is 47.2 Å². The Morgan fingerprint density at radius 1 is 0.838 bits per heavy atom. The minimum absolute atomic E-state index is 0.0610. The van der Waals surface area contributed by atoms with Crippen LogP contribution in [-0.2, 0) is 27.4 Å². The first-order valence-electron chi connectivity index (χ1n) is 12.1. The first-order valence-corrected chi connectivity index (χ1v) is 13.5. The van der Waals surface area contributed by atoms with Crippen LogP contribution in [0.5, 0.6) is 5.75 Å². The number of Topliss-reactive ketones (excluding diaryl/α,β-unsaturated/α-hetero) is 1. The van der Waals surface area contributed by atoms with Gasteiger partial charge in [0, 0.05) is 16.7 Å². The Hall–Kier alpha value is -3.65. The van der Waals surface area contributed by atoms with Crippen molar-refractivity contribution in [3.8, 4) is 5.75 Å². The summed E-state index contributed by atoms with van der Waals surface area (Å²) in [5.74, 6) is -0.106. The van der Waals surface area contributed by atoms with Crippen LogP contribution in [0.2, 0.25) is 0 Å². The lowest BCUT2D eigenvalue weighted by Crippen LogP contribution is -2.31. The summed E-state index contributed by atoms with van der Waals surface area (Å²) in [4.78, 5) is 13.7. The van der Waals surface area contributed by atoms with E-state index in [-0.39, 0.29) is 28.6 Å². The predicted molar refractivity (Wildman–Crippen MR) is 145 cm³/mol. The molecular formula is C29H33N3O4S. The fraction of sp³-hybridized carbons (Fsp3) is 0.310. The Kier molecular flexibility index (Phi) is 6.44. The molecule has 0 saturated heterocycles. The summed E-state index contributed by atoms with van der Waals surface area (Å²) in [5, 5.41) is 19.8. The molecule has 3 aromatic carbocycles. The van der Waals surface area contributed by atoms with Gasteiger partial charge in [0.25, 0.3) is 10.0 Å². The summed E-state index contributed by atoms with van der Waals surface area (Å²) < 4.78 is 29.4. The van der Waals surface area contributed by atoms with Gasteiger partial charge in [-0.1, -0.05) is 71.9 Å². The topological polar surface area (TPSA) is 105 Å². The number of hydrogen-bond donors (Lipinski definition) is 2. The normalized spacial score (nSPS) is 12.7. The highest BCUT2D eigenvalue weighted by molar-refractivity contribution is 7.90.